The number of aldehydes is 1. The second kappa shape index (κ2) is 57.5. The van der Waals surface area contributed by atoms with Crippen molar-refractivity contribution in [2.24, 2.45) is 0 Å². The van der Waals surface area contributed by atoms with E-state index in [2.05, 4.69) is 22.0 Å². The van der Waals surface area contributed by atoms with Gasteiger partial charge in [0.2, 0.25) is 0 Å². The van der Waals surface area contributed by atoms with E-state index in [4.69, 9.17) is 94.2 Å². The molecule has 662 valence electrons. The third-order valence-corrected chi connectivity index (χ3v) is 21.0. The Morgan fingerprint density at radius 3 is 0.975 bits per heavy atom. The molecule has 6 fully saturated rings. The molecule has 6 heterocycles. The summed E-state index contributed by atoms with van der Waals surface area (Å²) >= 11 is 3.53. The number of epoxide rings is 1. The Bertz CT molecular complexity index is 3880. The first-order valence-corrected chi connectivity index (χ1v) is 43.9. The molecule has 2 unspecified atom stereocenters. The number of esters is 1. The maximum absolute atomic E-state index is 11.7. The summed E-state index contributed by atoms with van der Waals surface area (Å²) in [6.07, 6.45) is 11.3. The number of hydrogen-bond donors (Lipinski definition) is 2. The van der Waals surface area contributed by atoms with Gasteiger partial charge in [0.15, 0.2) is 6.29 Å². The van der Waals surface area contributed by atoms with Crippen LogP contribution in [0.1, 0.15) is 164 Å². The molecule has 0 spiro atoms. The zero-order chi connectivity index (χ0) is 86.0. The van der Waals surface area contributed by atoms with Crippen LogP contribution in [0.3, 0.4) is 0 Å². The van der Waals surface area contributed by atoms with Crippen molar-refractivity contribution in [1.82, 2.24) is 0 Å². The van der Waals surface area contributed by atoms with Gasteiger partial charge in [0.25, 0.3) is 10.1 Å². The summed E-state index contributed by atoms with van der Waals surface area (Å²) < 4.78 is 132. The Labute approximate surface area is 717 Å². The lowest BCUT2D eigenvalue weighted by atomic mass is 10.1. The highest BCUT2D eigenvalue weighted by Gasteiger charge is 2.31. The quantitative estimate of drug-likeness (QED) is 0.0124. The summed E-state index contributed by atoms with van der Waals surface area (Å²) in [4.78, 5) is 22.0. The van der Waals surface area contributed by atoms with Crippen molar-refractivity contribution in [3.05, 3.63) is 209 Å². The van der Waals surface area contributed by atoms with Crippen molar-refractivity contribution >= 4 is 38.3 Å². The number of alkyl halides is 1. The third-order valence-electron chi connectivity index (χ3n) is 19.9. The van der Waals surface area contributed by atoms with E-state index in [1.807, 2.05) is 153 Å². The summed E-state index contributed by atoms with van der Waals surface area (Å²) in [5, 5.41) is 19.8. The van der Waals surface area contributed by atoms with E-state index in [1.165, 1.54) is 0 Å². The maximum Gasteiger partial charge on any atom is 0.305 e. The lowest BCUT2D eigenvalue weighted by Crippen LogP contribution is -2.27. The molecular weight excluding hydrogens is 1630 g/mol. The first-order chi connectivity index (χ1) is 58.6. The minimum Gasteiger partial charge on any atom is -0.496 e. The highest BCUT2D eigenvalue weighted by Crippen LogP contribution is 2.38. The number of carbonyl (C=O) groups is 2. The van der Waals surface area contributed by atoms with Crippen LogP contribution in [0.25, 0.3) is 0 Å². The van der Waals surface area contributed by atoms with Gasteiger partial charge in [-0.05, 0) is 119 Å². The monoisotopic (exact) mass is 1760 g/mol. The van der Waals surface area contributed by atoms with Crippen LogP contribution < -0.4 is 33.2 Å². The molecule has 0 amide bonds. The van der Waals surface area contributed by atoms with E-state index in [-0.39, 0.29) is 93.4 Å². The molecule has 0 aliphatic carbocycles. The number of rotatable bonds is 34. The van der Waals surface area contributed by atoms with Crippen molar-refractivity contribution < 1.29 is 122 Å². The maximum atomic E-state index is 11.7. The Morgan fingerprint density at radius 2 is 0.683 bits per heavy atom. The average molecular weight is 1760 g/mol. The largest absolute Gasteiger partial charge is 0.496 e. The lowest BCUT2D eigenvalue weighted by molar-refractivity contribution is -0.152. The summed E-state index contributed by atoms with van der Waals surface area (Å²) in [6, 6.07) is 53.4. The molecule has 6 aliphatic heterocycles. The molecule has 26 nitrogen and oxygen atoms in total. The highest BCUT2D eigenvalue weighted by molar-refractivity contribution is 9.09. The number of methoxy groups -OCH3 is 7. The molecule has 6 atom stereocenters. The Balaban J connectivity index is 0.000000196. The molecule has 7 aromatic rings. The molecule has 0 radical (unpaired) electrons. The third kappa shape index (κ3) is 35.5. The molecule has 6 aliphatic rings. The second-order valence-corrected chi connectivity index (χ2v) is 30.5. The van der Waals surface area contributed by atoms with Crippen molar-refractivity contribution in [1.29, 1.82) is 0 Å². The summed E-state index contributed by atoms with van der Waals surface area (Å²) in [6.45, 7) is 10.1. The molecule has 28 heteroatoms. The molecule has 6 saturated heterocycles. The number of carbonyl (C=O) groups excluding carboxylic acids is 2. The van der Waals surface area contributed by atoms with Gasteiger partial charge in [-0.25, -0.2) is 0 Å². The van der Waals surface area contributed by atoms with E-state index in [9.17, 15) is 28.2 Å². The van der Waals surface area contributed by atoms with Crippen molar-refractivity contribution in [2.45, 2.75) is 151 Å². The van der Waals surface area contributed by atoms with Gasteiger partial charge < -0.3 is 100 Å². The van der Waals surface area contributed by atoms with Crippen molar-refractivity contribution in [3.8, 4) is 40.2 Å². The minimum atomic E-state index is -3.53. The first kappa shape index (κ1) is 99.3. The van der Waals surface area contributed by atoms with Gasteiger partial charge >= 0.3 is 5.97 Å². The number of ether oxygens (including phenoxy) is 19. The number of benzene rings is 7. The van der Waals surface area contributed by atoms with Crippen LogP contribution >= 0.6 is 15.9 Å². The van der Waals surface area contributed by atoms with Gasteiger partial charge in [-0.15, -0.1) is 0 Å². The molecule has 13 rings (SSSR count). The Morgan fingerprint density at radius 1 is 0.408 bits per heavy atom. The standard InChI is InChI=1S/C18H26O5.C15H22O6S.C14H19BrO3.2C14H20O4.C9H10O2.C8H8O2/c1-3-6-18(19)22-13-17(23-14-9-11-21-12-10-14)15-7-4-5-8-16(15)20-2;1-18-14-6-4-3-5-13(14)15(11-20-22(2,16)17)21-12-7-9-19-10-8-12;3*1-16-13-5-3-2-4-12(13)14(10-15)18-11-6-8-17-9-7-11;1-10-8-5-3-2-4-7(8)9-6-11-9;1-10-8-5-3-2-4-7(8)6-9/h4-5,7-8,14,17H,3,6,9-13H2,1-2H3;3-6,12,15H,7-11H2,1-2H3;2-5,11,14H,6-10H2,1H3;2*2-5,11,14-15H,6-10H2,1H3;2-5,9H,6H2,1H3;2-6H,1H3/t17-;15-;2*14-;;;/m0000.../s1. The zero-order valence-corrected chi connectivity index (χ0v) is 73.3. The second-order valence-electron chi connectivity index (χ2n) is 28.3. The van der Waals surface area contributed by atoms with Crippen LogP contribution in [0.15, 0.2) is 170 Å². The highest BCUT2D eigenvalue weighted by atomic mass is 79.9. The van der Waals surface area contributed by atoms with E-state index >= 15 is 0 Å². The topological polar surface area (TPSA) is 297 Å². The van der Waals surface area contributed by atoms with Crippen LogP contribution in [-0.2, 0) is 75.9 Å². The van der Waals surface area contributed by atoms with Gasteiger partial charge in [0.1, 0.15) is 77.4 Å². The number of halogens is 1. The Hall–Kier alpha value is -7.85. The predicted molar refractivity (Wildman–Crippen MR) is 458 cm³/mol. The van der Waals surface area contributed by atoms with E-state index in [0.717, 1.165) is 197 Å². The number of hydrogen-bond acceptors (Lipinski definition) is 26. The van der Waals surface area contributed by atoms with E-state index in [0.29, 0.717) is 49.9 Å². The molecule has 0 aromatic heterocycles. The van der Waals surface area contributed by atoms with Gasteiger partial charge in [0, 0.05) is 111 Å². The number of aliphatic hydroxyl groups excluding tert-OH is 2. The van der Waals surface area contributed by atoms with Crippen LogP contribution in [0.5, 0.6) is 40.2 Å². The molecular formula is C92H125BrO26S. The number of para-hydroxylation sites is 7. The van der Waals surface area contributed by atoms with E-state index in [1.54, 1.807) is 68.0 Å². The fourth-order valence-corrected chi connectivity index (χ4v) is 14.3. The fraction of sp³-hybridized carbons (Fsp3) is 0.522. The van der Waals surface area contributed by atoms with Gasteiger partial charge in [-0.3, -0.25) is 13.8 Å². The first-order valence-electron chi connectivity index (χ1n) is 41.0. The smallest absolute Gasteiger partial charge is 0.305 e. The summed E-state index contributed by atoms with van der Waals surface area (Å²) in [5.41, 5.74) is 6.33. The van der Waals surface area contributed by atoms with Crippen LogP contribution in [-0.4, -0.2) is 222 Å². The normalized spacial score (nSPS) is 17.6. The number of aliphatic hydroxyl groups is 2. The predicted octanol–water partition coefficient (Wildman–Crippen LogP) is 15.6. The fourth-order valence-electron chi connectivity index (χ4n) is 13.5. The SMILES string of the molecule is CCCC(=O)OC[C@H](OC1CCOCC1)c1ccccc1OC.COc1ccccc1C(CO)OC1CCOCC1.COc1ccccc1C1CO1.COc1ccccc1C=O.COc1ccccc1[C@H](CBr)OC1CCOCC1.COc1ccccc1[C@H](CO)OC1CCOCC1.COc1ccccc1[C@H](COS(C)(=O)=O)OC1CCOCC1. The van der Waals surface area contributed by atoms with Gasteiger partial charge in [-0.1, -0.05) is 144 Å². The zero-order valence-electron chi connectivity index (χ0n) is 70.9. The minimum absolute atomic E-state index is 0.0202. The molecule has 120 heavy (non-hydrogen) atoms. The summed E-state index contributed by atoms with van der Waals surface area (Å²) in [5.74, 6) is 5.14. The summed E-state index contributed by atoms with van der Waals surface area (Å²) in [7, 11) is 7.84. The van der Waals surface area contributed by atoms with Crippen LogP contribution in [0.4, 0.5) is 0 Å². The molecule has 2 N–H and O–H groups in total. The molecule has 0 bridgehead atoms. The average Bonchev–Trinajstić information content (AvgIpc) is 1.72. The lowest BCUT2D eigenvalue weighted by Gasteiger charge is -2.28. The van der Waals surface area contributed by atoms with Crippen molar-refractivity contribution in [3.63, 3.8) is 0 Å². The van der Waals surface area contributed by atoms with Crippen molar-refractivity contribution in [2.75, 3.05) is 160 Å². The van der Waals surface area contributed by atoms with Gasteiger partial charge in [0.05, 0.1) is 125 Å². The van der Waals surface area contributed by atoms with Crippen LogP contribution in [0.2, 0.25) is 0 Å². The van der Waals surface area contributed by atoms with Gasteiger partial charge in [-0.2, -0.15) is 8.42 Å². The molecule has 7 aromatic carbocycles. The van der Waals surface area contributed by atoms with E-state index < -0.39 is 16.2 Å². The Kier molecular flexibility index (Phi) is 47.6. The van der Waals surface area contributed by atoms with Crippen LogP contribution in [0, 0.1) is 0 Å². The molecule has 0 saturated carbocycles.